The first-order valence-corrected chi connectivity index (χ1v) is 3.42. The molecule has 0 aliphatic rings. The summed E-state index contributed by atoms with van der Waals surface area (Å²) >= 11 is 0. The highest BCUT2D eigenvalue weighted by Crippen LogP contribution is 1.96. The molecule has 0 aromatic carbocycles. The highest BCUT2D eigenvalue weighted by atomic mass is 16.6. The Hall–Kier alpha value is -1.72. The second kappa shape index (κ2) is 5.02. The van der Waals surface area contributed by atoms with Crippen LogP contribution in [0.3, 0.4) is 0 Å². The number of rotatable bonds is 5. The summed E-state index contributed by atoms with van der Waals surface area (Å²) in [4.78, 5) is 30.7. The molecular formula is C7H9NO5. The molecule has 0 rings (SSSR count). The molecule has 0 bridgehead atoms. The fraction of sp³-hybridized carbons (Fsp3) is 0.429. The van der Waals surface area contributed by atoms with Crippen molar-refractivity contribution in [2.45, 2.75) is 13.0 Å². The van der Waals surface area contributed by atoms with Gasteiger partial charge in [-0.15, -0.1) is 0 Å². The van der Waals surface area contributed by atoms with Gasteiger partial charge in [0.15, 0.2) is 0 Å². The zero-order valence-electron chi connectivity index (χ0n) is 7.06. The van der Waals surface area contributed by atoms with E-state index in [0.717, 1.165) is 6.92 Å². The average Bonchev–Trinajstić information content (AvgIpc) is 1.99. The molecule has 0 spiro atoms. The van der Waals surface area contributed by atoms with Crippen LogP contribution in [-0.4, -0.2) is 29.3 Å². The van der Waals surface area contributed by atoms with Gasteiger partial charge >= 0.3 is 12.0 Å². The van der Waals surface area contributed by atoms with E-state index in [1.54, 1.807) is 0 Å². The van der Waals surface area contributed by atoms with Gasteiger partial charge in [-0.1, -0.05) is 12.7 Å². The van der Waals surface area contributed by atoms with Crippen LogP contribution in [0.5, 0.6) is 0 Å². The molecule has 0 aliphatic carbocycles. The lowest BCUT2D eigenvalue weighted by atomic mass is 10.2. The van der Waals surface area contributed by atoms with Crippen LogP contribution < -0.4 is 0 Å². The normalized spacial score (nSPS) is 11.5. The standard InChI is InChI=1S/C7H9NO5/c1-3-4-13-7(10)6(5(2)9)8(11)12/h3,6H,1,4H2,2H3. The number of ketones is 1. The topological polar surface area (TPSA) is 86.5 Å². The number of hydrogen-bond acceptors (Lipinski definition) is 5. The SMILES string of the molecule is C=CCOC(=O)C(C(C)=O)[N+](=O)[O-]. The van der Waals surface area contributed by atoms with Gasteiger partial charge in [-0.2, -0.15) is 0 Å². The van der Waals surface area contributed by atoms with Crippen LogP contribution in [-0.2, 0) is 14.3 Å². The highest BCUT2D eigenvalue weighted by Gasteiger charge is 2.36. The van der Waals surface area contributed by atoms with Crippen molar-refractivity contribution in [2.75, 3.05) is 6.61 Å². The van der Waals surface area contributed by atoms with Gasteiger partial charge in [0, 0.05) is 11.8 Å². The molecule has 0 aliphatic heterocycles. The lowest BCUT2D eigenvalue weighted by Crippen LogP contribution is -2.37. The molecule has 72 valence electrons. The molecule has 0 aromatic rings. The molecule has 0 heterocycles. The second-order valence-electron chi connectivity index (χ2n) is 2.22. The Morgan fingerprint density at radius 2 is 2.23 bits per heavy atom. The van der Waals surface area contributed by atoms with Gasteiger partial charge in [0.2, 0.25) is 5.78 Å². The number of hydrogen-bond donors (Lipinski definition) is 0. The van der Waals surface area contributed by atoms with Crippen LogP contribution in [0.1, 0.15) is 6.92 Å². The molecule has 0 saturated heterocycles. The van der Waals surface area contributed by atoms with Crippen LogP contribution in [0.2, 0.25) is 0 Å². The first-order chi connectivity index (χ1) is 6.00. The minimum Gasteiger partial charge on any atom is -0.456 e. The van der Waals surface area contributed by atoms with E-state index in [-0.39, 0.29) is 6.61 Å². The molecule has 0 aromatic heterocycles. The molecule has 1 atom stereocenters. The number of Topliss-reactive ketones (excluding diaryl/α,β-unsaturated/α-hetero) is 1. The minimum atomic E-state index is -1.92. The van der Waals surface area contributed by atoms with E-state index in [9.17, 15) is 19.7 Å². The molecular weight excluding hydrogens is 178 g/mol. The van der Waals surface area contributed by atoms with Crippen molar-refractivity contribution in [3.05, 3.63) is 22.8 Å². The fourth-order valence-corrected chi connectivity index (χ4v) is 0.620. The Kier molecular flexibility index (Phi) is 4.36. The van der Waals surface area contributed by atoms with Crippen molar-refractivity contribution in [3.8, 4) is 0 Å². The molecule has 6 nitrogen and oxygen atoms in total. The van der Waals surface area contributed by atoms with Gasteiger partial charge < -0.3 is 4.74 Å². The number of nitrogens with zero attached hydrogens (tertiary/aromatic N) is 1. The van der Waals surface area contributed by atoms with E-state index in [1.807, 2.05) is 0 Å². The van der Waals surface area contributed by atoms with Crippen molar-refractivity contribution in [2.24, 2.45) is 0 Å². The van der Waals surface area contributed by atoms with E-state index in [2.05, 4.69) is 11.3 Å². The smallest absolute Gasteiger partial charge is 0.390 e. The lowest BCUT2D eigenvalue weighted by Gasteiger charge is -2.04. The predicted octanol–water partition coefficient (Wildman–Crippen LogP) is -0.0501. The quantitative estimate of drug-likeness (QED) is 0.198. The molecule has 0 amide bonds. The van der Waals surface area contributed by atoms with Gasteiger partial charge in [0.25, 0.3) is 0 Å². The molecule has 0 N–H and O–H groups in total. The summed E-state index contributed by atoms with van der Waals surface area (Å²) in [5, 5.41) is 10.2. The van der Waals surface area contributed by atoms with Gasteiger partial charge in [-0.05, 0) is 0 Å². The average molecular weight is 187 g/mol. The summed E-state index contributed by atoms with van der Waals surface area (Å²) in [6.45, 7) is 4.07. The minimum absolute atomic E-state index is 0.142. The molecule has 0 fully saturated rings. The van der Waals surface area contributed by atoms with E-state index in [4.69, 9.17) is 0 Å². The Labute approximate surface area is 74.3 Å². The summed E-state index contributed by atoms with van der Waals surface area (Å²) in [7, 11) is 0. The van der Waals surface area contributed by atoms with Crippen molar-refractivity contribution in [1.29, 1.82) is 0 Å². The number of nitro groups is 1. The first kappa shape index (κ1) is 11.3. The van der Waals surface area contributed by atoms with Crippen LogP contribution in [0.15, 0.2) is 12.7 Å². The largest absolute Gasteiger partial charge is 0.456 e. The van der Waals surface area contributed by atoms with Crippen molar-refractivity contribution in [1.82, 2.24) is 0 Å². The maximum Gasteiger partial charge on any atom is 0.390 e. The van der Waals surface area contributed by atoms with E-state index in [0.29, 0.717) is 0 Å². The predicted molar refractivity (Wildman–Crippen MR) is 42.6 cm³/mol. The number of carbonyl (C=O) groups is 2. The Balaban J connectivity index is 4.38. The molecule has 0 saturated carbocycles. The number of carbonyl (C=O) groups excluding carboxylic acids is 2. The lowest BCUT2D eigenvalue weighted by molar-refractivity contribution is -0.496. The van der Waals surface area contributed by atoms with E-state index >= 15 is 0 Å². The van der Waals surface area contributed by atoms with E-state index < -0.39 is 22.7 Å². The summed E-state index contributed by atoms with van der Waals surface area (Å²) in [5.41, 5.74) is 0. The molecule has 1 unspecified atom stereocenters. The fourth-order valence-electron chi connectivity index (χ4n) is 0.620. The third kappa shape index (κ3) is 3.46. The highest BCUT2D eigenvalue weighted by molar-refractivity contribution is 6.00. The molecule has 6 heteroatoms. The van der Waals surface area contributed by atoms with Crippen LogP contribution in [0.25, 0.3) is 0 Å². The Morgan fingerprint density at radius 3 is 2.54 bits per heavy atom. The van der Waals surface area contributed by atoms with E-state index in [1.165, 1.54) is 6.08 Å². The first-order valence-electron chi connectivity index (χ1n) is 3.42. The maximum absolute atomic E-state index is 10.9. The third-order valence-corrected chi connectivity index (χ3v) is 1.16. The maximum atomic E-state index is 10.9. The van der Waals surface area contributed by atoms with Crippen molar-refractivity contribution >= 4 is 11.8 Å². The number of esters is 1. The third-order valence-electron chi connectivity index (χ3n) is 1.16. The van der Waals surface area contributed by atoms with Gasteiger partial charge in [-0.25, -0.2) is 4.79 Å². The van der Waals surface area contributed by atoms with Crippen LogP contribution >= 0.6 is 0 Å². The van der Waals surface area contributed by atoms with Crippen LogP contribution in [0.4, 0.5) is 0 Å². The summed E-state index contributed by atoms with van der Waals surface area (Å²) in [6.07, 6.45) is 1.26. The summed E-state index contributed by atoms with van der Waals surface area (Å²) in [6, 6.07) is -1.92. The van der Waals surface area contributed by atoms with Gasteiger partial charge in [0.05, 0.1) is 0 Å². The summed E-state index contributed by atoms with van der Waals surface area (Å²) in [5.74, 6) is -2.00. The molecule has 0 radical (unpaired) electrons. The zero-order valence-corrected chi connectivity index (χ0v) is 7.06. The van der Waals surface area contributed by atoms with Crippen molar-refractivity contribution < 1.29 is 19.2 Å². The van der Waals surface area contributed by atoms with Gasteiger partial charge in [-0.3, -0.25) is 14.9 Å². The number of ether oxygens (including phenoxy) is 1. The molecule has 13 heavy (non-hydrogen) atoms. The summed E-state index contributed by atoms with van der Waals surface area (Å²) < 4.78 is 4.36. The van der Waals surface area contributed by atoms with Crippen LogP contribution in [0, 0.1) is 10.1 Å². The van der Waals surface area contributed by atoms with Gasteiger partial charge in [0.1, 0.15) is 6.61 Å². The Bertz CT molecular complexity index is 233. The Morgan fingerprint density at radius 1 is 1.69 bits per heavy atom. The second-order valence-corrected chi connectivity index (χ2v) is 2.22. The zero-order chi connectivity index (χ0) is 10.4. The van der Waals surface area contributed by atoms with Crippen molar-refractivity contribution in [3.63, 3.8) is 0 Å². The monoisotopic (exact) mass is 187 g/mol.